The molecule has 1 aliphatic rings. The molecule has 1 fully saturated rings. The van der Waals surface area contributed by atoms with Crippen molar-refractivity contribution in [1.82, 2.24) is 10.3 Å². The van der Waals surface area contributed by atoms with Crippen molar-refractivity contribution in [1.29, 1.82) is 0 Å². The zero-order valence-corrected chi connectivity index (χ0v) is 10.6. The molecule has 2 rings (SSSR count). The molecule has 1 aromatic rings. The molecule has 0 unspecified atom stereocenters. The van der Waals surface area contributed by atoms with Gasteiger partial charge in [-0.15, -0.1) is 0 Å². The Kier molecular flexibility index (Phi) is 4.73. The van der Waals surface area contributed by atoms with Crippen molar-refractivity contribution >= 4 is 5.91 Å². The van der Waals surface area contributed by atoms with E-state index in [1.165, 1.54) is 18.4 Å². The summed E-state index contributed by atoms with van der Waals surface area (Å²) in [6, 6.07) is 10.7. The second-order valence-electron chi connectivity index (χ2n) is 4.84. The molecule has 1 amide bonds. The third kappa shape index (κ3) is 3.55. The summed E-state index contributed by atoms with van der Waals surface area (Å²) in [4.78, 5) is 13.4. The van der Waals surface area contributed by atoms with Crippen LogP contribution in [0.1, 0.15) is 30.7 Å². The van der Waals surface area contributed by atoms with Gasteiger partial charge in [0.25, 0.3) is 0 Å². The van der Waals surface area contributed by atoms with Crippen LogP contribution in [0, 0.1) is 0 Å². The monoisotopic (exact) mass is 247 g/mol. The van der Waals surface area contributed by atoms with Crippen LogP contribution in [0.15, 0.2) is 30.3 Å². The molecule has 1 saturated heterocycles. The highest BCUT2D eigenvalue weighted by Crippen LogP contribution is 2.27. The summed E-state index contributed by atoms with van der Waals surface area (Å²) in [5.41, 5.74) is 3.62. The van der Waals surface area contributed by atoms with Gasteiger partial charge in [-0.05, 0) is 37.4 Å². The van der Waals surface area contributed by atoms with Gasteiger partial charge in [0.1, 0.15) is 0 Å². The SMILES string of the molecule is NNC(=O)CCN1CCC(c2ccccc2)CC1. The van der Waals surface area contributed by atoms with Crippen LogP contribution in [0.4, 0.5) is 0 Å². The lowest BCUT2D eigenvalue weighted by Gasteiger charge is -2.31. The average molecular weight is 247 g/mol. The smallest absolute Gasteiger partial charge is 0.235 e. The summed E-state index contributed by atoms with van der Waals surface area (Å²) < 4.78 is 0. The van der Waals surface area contributed by atoms with E-state index >= 15 is 0 Å². The lowest BCUT2D eigenvalue weighted by atomic mass is 9.89. The summed E-state index contributed by atoms with van der Waals surface area (Å²) in [6.07, 6.45) is 2.84. The zero-order valence-electron chi connectivity index (χ0n) is 10.6. The number of nitrogens with zero attached hydrogens (tertiary/aromatic N) is 1. The second kappa shape index (κ2) is 6.52. The van der Waals surface area contributed by atoms with Crippen LogP contribution in [-0.2, 0) is 4.79 Å². The normalized spacial score (nSPS) is 17.6. The fourth-order valence-electron chi connectivity index (χ4n) is 2.55. The minimum atomic E-state index is -0.0832. The Morgan fingerprint density at radius 1 is 1.28 bits per heavy atom. The third-order valence-electron chi connectivity index (χ3n) is 3.67. The van der Waals surface area contributed by atoms with Crippen molar-refractivity contribution in [2.24, 2.45) is 5.84 Å². The Morgan fingerprint density at radius 2 is 1.94 bits per heavy atom. The largest absolute Gasteiger partial charge is 0.303 e. The fourth-order valence-corrected chi connectivity index (χ4v) is 2.55. The number of hydrazine groups is 1. The number of nitrogens with two attached hydrogens (primary N) is 1. The summed E-state index contributed by atoms with van der Waals surface area (Å²) in [6.45, 7) is 2.94. The van der Waals surface area contributed by atoms with Gasteiger partial charge >= 0.3 is 0 Å². The van der Waals surface area contributed by atoms with Gasteiger partial charge in [-0.3, -0.25) is 10.2 Å². The number of piperidine rings is 1. The number of rotatable bonds is 4. The van der Waals surface area contributed by atoms with E-state index in [1.807, 2.05) is 0 Å². The first-order valence-corrected chi connectivity index (χ1v) is 6.56. The topological polar surface area (TPSA) is 58.4 Å². The molecule has 0 aliphatic carbocycles. The Hall–Kier alpha value is -1.39. The molecule has 0 bridgehead atoms. The number of likely N-dealkylation sites (tertiary alicyclic amines) is 1. The first-order chi connectivity index (χ1) is 8.79. The fraction of sp³-hybridized carbons (Fsp3) is 0.500. The molecule has 0 atom stereocenters. The second-order valence-corrected chi connectivity index (χ2v) is 4.84. The van der Waals surface area contributed by atoms with Crippen molar-refractivity contribution < 1.29 is 4.79 Å². The molecule has 3 N–H and O–H groups in total. The van der Waals surface area contributed by atoms with Crippen LogP contribution in [0.3, 0.4) is 0 Å². The predicted octanol–water partition coefficient (Wildman–Crippen LogP) is 1.25. The van der Waals surface area contributed by atoms with Crippen LogP contribution in [0.5, 0.6) is 0 Å². The van der Waals surface area contributed by atoms with Crippen molar-refractivity contribution in [3.8, 4) is 0 Å². The molecule has 98 valence electrons. The van der Waals surface area contributed by atoms with Crippen molar-refractivity contribution in [2.75, 3.05) is 19.6 Å². The van der Waals surface area contributed by atoms with Crippen LogP contribution >= 0.6 is 0 Å². The zero-order chi connectivity index (χ0) is 12.8. The van der Waals surface area contributed by atoms with Gasteiger partial charge in [0, 0.05) is 13.0 Å². The molecular formula is C14H21N3O. The van der Waals surface area contributed by atoms with E-state index in [4.69, 9.17) is 5.84 Å². The summed E-state index contributed by atoms with van der Waals surface area (Å²) in [5, 5.41) is 0. The van der Waals surface area contributed by atoms with Crippen molar-refractivity contribution in [3.05, 3.63) is 35.9 Å². The minimum Gasteiger partial charge on any atom is -0.303 e. The first-order valence-electron chi connectivity index (χ1n) is 6.56. The Balaban J connectivity index is 1.76. The van der Waals surface area contributed by atoms with E-state index in [1.54, 1.807) is 0 Å². The van der Waals surface area contributed by atoms with E-state index in [-0.39, 0.29) is 5.91 Å². The van der Waals surface area contributed by atoms with E-state index in [0.717, 1.165) is 19.6 Å². The van der Waals surface area contributed by atoms with Crippen molar-refractivity contribution in [3.63, 3.8) is 0 Å². The Labute approximate surface area is 108 Å². The van der Waals surface area contributed by atoms with Gasteiger partial charge in [0.15, 0.2) is 0 Å². The van der Waals surface area contributed by atoms with Gasteiger partial charge in [0.05, 0.1) is 0 Å². The summed E-state index contributed by atoms with van der Waals surface area (Å²) in [5.74, 6) is 5.66. The maximum atomic E-state index is 11.1. The van der Waals surface area contributed by atoms with Crippen LogP contribution < -0.4 is 11.3 Å². The molecule has 18 heavy (non-hydrogen) atoms. The molecule has 0 radical (unpaired) electrons. The molecule has 0 spiro atoms. The van der Waals surface area contributed by atoms with Crippen LogP contribution in [0.2, 0.25) is 0 Å². The summed E-state index contributed by atoms with van der Waals surface area (Å²) >= 11 is 0. The van der Waals surface area contributed by atoms with Gasteiger partial charge in [-0.2, -0.15) is 0 Å². The maximum Gasteiger partial charge on any atom is 0.235 e. The maximum absolute atomic E-state index is 11.1. The number of carbonyl (C=O) groups is 1. The Bertz CT molecular complexity index is 372. The predicted molar refractivity (Wildman–Crippen MR) is 71.8 cm³/mol. The highest BCUT2D eigenvalue weighted by atomic mass is 16.2. The molecule has 4 nitrogen and oxygen atoms in total. The molecule has 4 heteroatoms. The standard InChI is InChI=1S/C14H21N3O/c15-16-14(18)8-11-17-9-6-13(7-10-17)12-4-2-1-3-5-12/h1-5,13H,6-11,15H2,(H,16,18). The van der Waals surface area contributed by atoms with Crippen molar-refractivity contribution in [2.45, 2.75) is 25.2 Å². The lowest BCUT2D eigenvalue weighted by Crippen LogP contribution is -2.37. The van der Waals surface area contributed by atoms with E-state index in [2.05, 4.69) is 40.7 Å². The van der Waals surface area contributed by atoms with Gasteiger partial charge in [-0.1, -0.05) is 30.3 Å². The van der Waals surface area contributed by atoms with E-state index in [0.29, 0.717) is 12.3 Å². The van der Waals surface area contributed by atoms with Crippen LogP contribution in [0.25, 0.3) is 0 Å². The lowest BCUT2D eigenvalue weighted by molar-refractivity contribution is -0.121. The molecule has 1 heterocycles. The van der Waals surface area contributed by atoms with Crippen LogP contribution in [-0.4, -0.2) is 30.4 Å². The average Bonchev–Trinajstić information content (AvgIpc) is 2.46. The quantitative estimate of drug-likeness (QED) is 0.478. The minimum absolute atomic E-state index is 0.0832. The molecule has 0 saturated carbocycles. The van der Waals surface area contributed by atoms with Gasteiger partial charge < -0.3 is 4.90 Å². The number of hydrogen-bond acceptors (Lipinski definition) is 3. The molecule has 0 aromatic heterocycles. The third-order valence-corrected chi connectivity index (χ3v) is 3.67. The highest BCUT2D eigenvalue weighted by molar-refractivity contribution is 5.75. The van der Waals surface area contributed by atoms with E-state index < -0.39 is 0 Å². The summed E-state index contributed by atoms with van der Waals surface area (Å²) in [7, 11) is 0. The number of nitrogens with one attached hydrogen (secondary N) is 1. The molecule has 1 aliphatic heterocycles. The number of amides is 1. The number of carbonyl (C=O) groups excluding carboxylic acids is 1. The first kappa shape index (κ1) is 13.1. The molecule has 1 aromatic carbocycles. The number of benzene rings is 1. The molecular weight excluding hydrogens is 226 g/mol. The Morgan fingerprint density at radius 3 is 2.56 bits per heavy atom. The van der Waals surface area contributed by atoms with Gasteiger partial charge in [-0.25, -0.2) is 5.84 Å². The highest BCUT2D eigenvalue weighted by Gasteiger charge is 2.20. The van der Waals surface area contributed by atoms with E-state index in [9.17, 15) is 4.79 Å². The number of hydrogen-bond donors (Lipinski definition) is 2. The van der Waals surface area contributed by atoms with Gasteiger partial charge in [0.2, 0.25) is 5.91 Å².